The zero-order chi connectivity index (χ0) is 25.5. The number of carbonyl (C=O) groups excluding carboxylic acids is 2. The lowest BCUT2D eigenvalue weighted by molar-refractivity contribution is -0.109. The van der Waals surface area contributed by atoms with Gasteiger partial charge in [0.2, 0.25) is 0 Å². The van der Waals surface area contributed by atoms with Gasteiger partial charge in [-0.25, -0.2) is 24.0 Å². The highest BCUT2D eigenvalue weighted by Crippen LogP contribution is 2.52. The first-order valence-corrected chi connectivity index (χ1v) is 13.1. The number of H-pyrrole nitrogens is 1. The Morgan fingerprint density at radius 3 is 2.80 bits per heavy atom. The highest BCUT2D eigenvalue weighted by molar-refractivity contribution is 8.13. The van der Waals surface area contributed by atoms with E-state index in [1.54, 1.807) is 13.8 Å². The maximum Gasteiger partial charge on any atom is 0.509 e. The van der Waals surface area contributed by atoms with Crippen molar-refractivity contribution in [3.8, 4) is 0 Å². The van der Waals surface area contributed by atoms with Crippen LogP contribution in [0.3, 0.4) is 0 Å². The third-order valence-corrected chi connectivity index (χ3v) is 8.30. The van der Waals surface area contributed by atoms with Gasteiger partial charge in [-0.3, -0.25) is 23.2 Å². The van der Waals surface area contributed by atoms with Gasteiger partial charge in [0, 0.05) is 12.7 Å². The van der Waals surface area contributed by atoms with E-state index in [1.165, 1.54) is 36.6 Å². The van der Waals surface area contributed by atoms with E-state index in [1.807, 2.05) is 0 Å². The molecule has 4 rings (SSSR count). The van der Waals surface area contributed by atoms with E-state index < -0.39 is 43.5 Å². The lowest BCUT2D eigenvalue weighted by Gasteiger charge is -2.26. The summed E-state index contributed by atoms with van der Waals surface area (Å²) < 4.78 is 44.2. The molecule has 35 heavy (non-hydrogen) atoms. The van der Waals surface area contributed by atoms with Crippen LogP contribution in [0.15, 0.2) is 11.1 Å². The Labute approximate surface area is 204 Å². The molecular formula is C19H26N5O9PS. The molecule has 2 fully saturated rings. The minimum absolute atomic E-state index is 0.0215. The number of fused-ring (bicyclic) bond motifs is 2. The summed E-state index contributed by atoms with van der Waals surface area (Å²) in [5.41, 5.74) is -1.39. The lowest BCUT2D eigenvalue weighted by atomic mass is 9.96. The summed E-state index contributed by atoms with van der Waals surface area (Å²) in [4.78, 5) is 46.5. The SMILES string of the molecule is CC(=O)SCCOP(=O)(OC[C@H]1O[C@@H](n2cnc3c(=O)[nH]c(C)nc32)C2(C)OC(=O)O[C@@H]12)N(C)C. The molecule has 5 atom stereocenters. The average molecular weight is 531 g/mol. The van der Waals surface area contributed by atoms with Crippen molar-refractivity contribution in [2.24, 2.45) is 0 Å². The molecule has 2 aliphatic rings. The molecule has 0 radical (unpaired) electrons. The van der Waals surface area contributed by atoms with Crippen LogP contribution in [0.4, 0.5) is 4.79 Å². The highest BCUT2D eigenvalue weighted by Gasteiger charge is 2.64. The Bertz CT molecular complexity index is 1250. The van der Waals surface area contributed by atoms with Crippen molar-refractivity contribution in [1.82, 2.24) is 24.2 Å². The summed E-state index contributed by atoms with van der Waals surface area (Å²) >= 11 is 1.04. The maximum absolute atomic E-state index is 13.2. The number of aromatic nitrogens is 4. The molecule has 0 spiro atoms. The third-order valence-electron chi connectivity index (χ3n) is 5.56. The van der Waals surface area contributed by atoms with Gasteiger partial charge in [0.1, 0.15) is 11.9 Å². The van der Waals surface area contributed by atoms with Crippen LogP contribution in [0.25, 0.3) is 11.2 Å². The quantitative estimate of drug-likeness (QED) is 0.282. The third kappa shape index (κ3) is 4.88. The molecule has 16 heteroatoms. The molecule has 0 amide bonds. The molecule has 4 heterocycles. The number of imidazole rings is 1. The predicted molar refractivity (Wildman–Crippen MR) is 123 cm³/mol. The Kier molecular flexibility index (Phi) is 7.10. The van der Waals surface area contributed by atoms with Gasteiger partial charge < -0.3 is 19.2 Å². The van der Waals surface area contributed by atoms with Crippen molar-refractivity contribution < 1.29 is 37.4 Å². The molecule has 0 saturated carbocycles. The van der Waals surface area contributed by atoms with Crippen molar-refractivity contribution in [2.45, 2.75) is 44.8 Å². The van der Waals surface area contributed by atoms with Gasteiger partial charge in [-0.2, -0.15) is 0 Å². The maximum atomic E-state index is 13.2. The first-order chi connectivity index (χ1) is 16.4. The molecule has 2 saturated heterocycles. The number of hydrogen-bond acceptors (Lipinski definition) is 12. The van der Waals surface area contributed by atoms with Crippen LogP contribution in [0, 0.1) is 6.92 Å². The van der Waals surface area contributed by atoms with Crippen LogP contribution in [0.1, 0.15) is 25.9 Å². The molecule has 1 N–H and O–H groups in total. The van der Waals surface area contributed by atoms with Gasteiger partial charge >= 0.3 is 13.9 Å². The molecule has 14 nitrogen and oxygen atoms in total. The standard InChI is InChI=1S/C19H26N5O9PS/c1-10-21-15-13(16(26)22-10)20-9-24(15)17-19(3)14(32-18(27)33-19)12(31-17)8-30-34(28,23(4)5)29-6-7-35-11(2)25/h9,12,14,17H,6-8H2,1-5H3,(H,21,22,26)/t12-,14+,17-,19?,34?/m1/s1. The van der Waals surface area contributed by atoms with Crippen LogP contribution < -0.4 is 5.56 Å². The molecule has 192 valence electrons. The fraction of sp³-hybridized carbons (Fsp3) is 0.632. The molecule has 2 aliphatic heterocycles. The fourth-order valence-corrected chi connectivity index (χ4v) is 5.71. The van der Waals surface area contributed by atoms with E-state index >= 15 is 0 Å². The number of ether oxygens (including phenoxy) is 3. The zero-order valence-electron chi connectivity index (χ0n) is 19.7. The van der Waals surface area contributed by atoms with Crippen LogP contribution in [-0.2, 0) is 32.6 Å². The molecule has 2 aromatic heterocycles. The van der Waals surface area contributed by atoms with E-state index in [9.17, 15) is 18.9 Å². The van der Waals surface area contributed by atoms with Crippen molar-refractivity contribution in [2.75, 3.05) is 33.1 Å². The number of carbonyl (C=O) groups is 2. The average Bonchev–Trinajstić information content (AvgIpc) is 3.39. The number of rotatable bonds is 9. The number of hydrogen-bond donors (Lipinski definition) is 1. The Balaban J connectivity index is 1.56. The monoisotopic (exact) mass is 531 g/mol. The van der Waals surface area contributed by atoms with Crippen molar-refractivity contribution >= 4 is 41.9 Å². The van der Waals surface area contributed by atoms with Gasteiger partial charge in [0.25, 0.3) is 5.56 Å². The second-order valence-corrected chi connectivity index (χ2v) is 11.9. The molecule has 2 unspecified atom stereocenters. The van der Waals surface area contributed by atoms with E-state index in [-0.39, 0.29) is 29.5 Å². The normalized spacial score (nSPS) is 27.6. The predicted octanol–water partition coefficient (Wildman–Crippen LogP) is 1.60. The Morgan fingerprint density at radius 2 is 2.11 bits per heavy atom. The summed E-state index contributed by atoms with van der Waals surface area (Å²) in [6.45, 7) is 4.44. The van der Waals surface area contributed by atoms with Crippen LogP contribution in [0.5, 0.6) is 0 Å². The topological polar surface area (TPSA) is 164 Å². The first kappa shape index (κ1) is 25.8. The fourth-order valence-electron chi connectivity index (χ4n) is 3.94. The Hall–Kier alpha value is -2.29. The summed E-state index contributed by atoms with van der Waals surface area (Å²) in [5.74, 6) is 0.680. The lowest BCUT2D eigenvalue weighted by Crippen LogP contribution is -2.42. The van der Waals surface area contributed by atoms with Crippen molar-refractivity contribution in [3.63, 3.8) is 0 Å². The van der Waals surface area contributed by atoms with E-state index in [4.69, 9.17) is 23.3 Å². The van der Waals surface area contributed by atoms with Gasteiger partial charge in [-0.15, -0.1) is 0 Å². The van der Waals surface area contributed by atoms with Crippen LogP contribution >= 0.6 is 19.5 Å². The highest BCUT2D eigenvalue weighted by atomic mass is 32.2. The van der Waals surface area contributed by atoms with E-state index in [0.717, 1.165) is 11.8 Å². The summed E-state index contributed by atoms with van der Waals surface area (Å²) in [5, 5.41) is -0.0827. The summed E-state index contributed by atoms with van der Waals surface area (Å²) in [6.07, 6.45) is -2.28. The number of thioether (sulfide) groups is 1. The number of nitrogens with zero attached hydrogens (tertiary/aromatic N) is 4. The molecule has 0 aromatic carbocycles. The minimum Gasteiger partial charge on any atom is -0.424 e. The van der Waals surface area contributed by atoms with Crippen LogP contribution in [-0.4, -0.2) is 86.3 Å². The van der Waals surface area contributed by atoms with Gasteiger partial charge in [0.15, 0.2) is 34.2 Å². The van der Waals surface area contributed by atoms with Gasteiger partial charge in [0.05, 0.1) is 19.5 Å². The molecule has 2 aromatic rings. The minimum atomic E-state index is -3.74. The summed E-state index contributed by atoms with van der Waals surface area (Å²) in [7, 11) is -0.677. The Morgan fingerprint density at radius 1 is 1.37 bits per heavy atom. The first-order valence-electron chi connectivity index (χ1n) is 10.6. The van der Waals surface area contributed by atoms with Crippen molar-refractivity contribution in [3.05, 3.63) is 22.5 Å². The number of aryl methyl sites for hydroxylation is 1. The second-order valence-electron chi connectivity index (χ2n) is 8.36. The molecular weight excluding hydrogens is 505 g/mol. The molecule has 0 aliphatic carbocycles. The molecule has 0 bridgehead atoms. The van der Waals surface area contributed by atoms with Crippen LogP contribution in [0.2, 0.25) is 0 Å². The largest absolute Gasteiger partial charge is 0.509 e. The second kappa shape index (κ2) is 9.64. The van der Waals surface area contributed by atoms with Crippen molar-refractivity contribution in [1.29, 1.82) is 0 Å². The number of nitrogens with one attached hydrogen (secondary N) is 1. The summed E-state index contributed by atoms with van der Waals surface area (Å²) in [6, 6.07) is 0. The van der Waals surface area contributed by atoms with Gasteiger partial charge in [-0.05, 0) is 27.9 Å². The van der Waals surface area contributed by atoms with E-state index in [0.29, 0.717) is 11.6 Å². The van der Waals surface area contributed by atoms with E-state index in [2.05, 4.69) is 15.0 Å². The smallest absolute Gasteiger partial charge is 0.424 e. The number of aromatic amines is 1. The zero-order valence-corrected chi connectivity index (χ0v) is 21.5. The van der Waals surface area contributed by atoms with Gasteiger partial charge in [-0.1, -0.05) is 11.8 Å².